The van der Waals surface area contributed by atoms with Gasteiger partial charge in [0.1, 0.15) is 0 Å². The van der Waals surface area contributed by atoms with Crippen LogP contribution in [0.3, 0.4) is 0 Å². The van der Waals surface area contributed by atoms with Gasteiger partial charge in [0.15, 0.2) is 0 Å². The van der Waals surface area contributed by atoms with Crippen LogP contribution < -0.4 is 16.2 Å². The Hall–Kier alpha value is -2.89. The van der Waals surface area contributed by atoms with Crippen LogP contribution in [-0.4, -0.2) is 29.5 Å². The van der Waals surface area contributed by atoms with E-state index in [1.165, 1.54) is 0 Å². The number of unbranched alkanes of at least 4 members (excludes halogenated alkanes) is 1. The Morgan fingerprint density at radius 2 is 1.72 bits per heavy atom. The van der Waals surface area contributed by atoms with E-state index >= 15 is 0 Å². The summed E-state index contributed by atoms with van der Waals surface area (Å²) in [4.78, 5) is 35.3. The number of carbonyl (C=O) groups is 2. The maximum atomic E-state index is 11.8. The number of hydrogen-bond donors (Lipinski definition) is 2. The number of carbonyl (C=O) groups excluding carboxylic acids is 2. The third-order valence-corrected chi connectivity index (χ3v) is 3.84. The summed E-state index contributed by atoms with van der Waals surface area (Å²) in [6, 6.07) is 14.0. The predicted molar refractivity (Wildman–Crippen MR) is 96.5 cm³/mol. The third kappa shape index (κ3) is 5.91. The summed E-state index contributed by atoms with van der Waals surface area (Å²) in [5.41, 5.74) is 1.45. The van der Waals surface area contributed by atoms with E-state index in [4.69, 9.17) is 0 Å². The SMILES string of the molecule is Cc1cccc(=O)n1CCCCNC(=O)CNC(=O)c1ccccc1. The zero-order valence-electron chi connectivity index (χ0n) is 14.3. The Balaban J connectivity index is 1.63. The third-order valence-electron chi connectivity index (χ3n) is 3.84. The number of pyridine rings is 1. The Bertz CT molecular complexity index is 769. The highest BCUT2D eigenvalue weighted by atomic mass is 16.2. The van der Waals surface area contributed by atoms with Crippen molar-refractivity contribution in [3.05, 3.63) is 70.1 Å². The first kappa shape index (κ1) is 18.4. The van der Waals surface area contributed by atoms with Gasteiger partial charge >= 0.3 is 0 Å². The highest BCUT2D eigenvalue weighted by molar-refractivity contribution is 5.96. The smallest absolute Gasteiger partial charge is 0.251 e. The van der Waals surface area contributed by atoms with Gasteiger partial charge < -0.3 is 15.2 Å². The number of hydrogen-bond acceptors (Lipinski definition) is 3. The molecule has 0 radical (unpaired) electrons. The topological polar surface area (TPSA) is 80.2 Å². The van der Waals surface area contributed by atoms with Crippen molar-refractivity contribution < 1.29 is 9.59 Å². The Morgan fingerprint density at radius 1 is 0.960 bits per heavy atom. The lowest BCUT2D eigenvalue weighted by Gasteiger charge is -2.10. The van der Waals surface area contributed by atoms with Gasteiger partial charge in [-0.1, -0.05) is 24.3 Å². The number of rotatable bonds is 8. The van der Waals surface area contributed by atoms with E-state index in [1.54, 1.807) is 41.0 Å². The highest BCUT2D eigenvalue weighted by Crippen LogP contribution is 1.98. The second-order valence-corrected chi connectivity index (χ2v) is 5.76. The first-order valence-corrected chi connectivity index (χ1v) is 8.34. The summed E-state index contributed by atoms with van der Waals surface area (Å²) in [5, 5.41) is 5.35. The molecular weight excluding hydrogens is 318 g/mol. The van der Waals surface area contributed by atoms with Crippen LogP contribution in [-0.2, 0) is 11.3 Å². The molecule has 0 bridgehead atoms. The second kappa shape index (κ2) is 9.42. The van der Waals surface area contributed by atoms with E-state index in [9.17, 15) is 14.4 Å². The minimum atomic E-state index is -0.269. The Kier molecular flexibility index (Phi) is 6.95. The van der Waals surface area contributed by atoms with Gasteiger partial charge in [-0.15, -0.1) is 0 Å². The summed E-state index contributed by atoms with van der Waals surface area (Å²) in [7, 11) is 0. The van der Waals surface area contributed by atoms with Crippen molar-refractivity contribution in [1.82, 2.24) is 15.2 Å². The molecule has 0 atom stereocenters. The van der Waals surface area contributed by atoms with E-state index in [-0.39, 0.29) is 23.9 Å². The Labute approximate surface area is 146 Å². The Morgan fingerprint density at radius 3 is 2.44 bits per heavy atom. The predicted octanol–water partition coefficient (Wildman–Crippen LogP) is 1.48. The van der Waals surface area contributed by atoms with E-state index < -0.39 is 0 Å². The zero-order valence-corrected chi connectivity index (χ0v) is 14.3. The first-order valence-electron chi connectivity index (χ1n) is 8.34. The zero-order chi connectivity index (χ0) is 18.1. The van der Waals surface area contributed by atoms with Gasteiger partial charge in [-0.25, -0.2) is 0 Å². The fraction of sp³-hybridized carbons (Fsp3) is 0.316. The molecule has 0 saturated carbocycles. The van der Waals surface area contributed by atoms with Gasteiger partial charge in [0.2, 0.25) is 5.91 Å². The minimum Gasteiger partial charge on any atom is -0.355 e. The van der Waals surface area contributed by atoms with Crippen molar-refractivity contribution in [2.75, 3.05) is 13.1 Å². The van der Waals surface area contributed by atoms with Gasteiger partial charge in [0, 0.05) is 30.4 Å². The quantitative estimate of drug-likeness (QED) is 0.714. The number of aromatic nitrogens is 1. The summed E-state index contributed by atoms with van der Waals surface area (Å²) in [6.07, 6.45) is 1.56. The minimum absolute atomic E-state index is 0.00680. The average Bonchev–Trinajstić information content (AvgIpc) is 2.62. The lowest BCUT2D eigenvalue weighted by molar-refractivity contribution is -0.120. The lowest BCUT2D eigenvalue weighted by Crippen LogP contribution is -2.37. The maximum Gasteiger partial charge on any atom is 0.251 e. The monoisotopic (exact) mass is 341 g/mol. The summed E-state index contributed by atoms with van der Waals surface area (Å²) in [5.74, 6) is -0.494. The van der Waals surface area contributed by atoms with Crippen LogP contribution in [0.1, 0.15) is 28.9 Å². The molecule has 25 heavy (non-hydrogen) atoms. The molecule has 1 aromatic carbocycles. The molecule has 2 N–H and O–H groups in total. The number of benzene rings is 1. The van der Waals surface area contributed by atoms with Crippen LogP contribution in [0.5, 0.6) is 0 Å². The van der Waals surface area contributed by atoms with Gasteiger partial charge in [-0.05, 0) is 38.0 Å². The van der Waals surface area contributed by atoms with Crippen molar-refractivity contribution in [2.24, 2.45) is 0 Å². The van der Waals surface area contributed by atoms with Crippen LogP contribution >= 0.6 is 0 Å². The summed E-state index contributed by atoms with van der Waals surface area (Å²) >= 11 is 0. The molecule has 6 nitrogen and oxygen atoms in total. The molecule has 132 valence electrons. The molecule has 2 rings (SSSR count). The van der Waals surface area contributed by atoms with Crippen LogP contribution in [0.15, 0.2) is 53.3 Å². The molecule has 0 spiro atoms. The van der Waals surface area contributed by atoms with Crippen molar-refractivity contribution in [3.8, 4) is 0 Å². The average molecular weight is 341 g/mol. The maximum absolute atomic E-state index is 11.8. The lowest BCUT2D eigenvalue weighted by atomic mass is 10.2. The summed E-state index contributed by atoms with van der Waals surface area (Å²) in [6.45, 7) is 3.00. The number of aryl methyl sites for hydroxylation is 1. The number of nitrogens with zero attached hydrogens (tertiary/aromatic N) is 1. The van der Waals surface area contributed by atoms with Crippen molar-refractivity contribution in [1.29, 1.82) is 0 Å². The normalized spacial score (nSPS) is 10.3. The molecule has 0 saturated heterocycles. The summed E-state index contributed by atoms with van der Waals surface area (Å²) < 4.78 is 1.72. The molecule has 0 aliphatic carbocycles. The van der Waals surface area contributed by atoms with Gasteiger partial charge in [0.05, 0.1) is 6.54 Å². The van der Waals surface area contributed by atoms with Crippen LogP contribution in [0.2, 0.25) is 0 Å². The van der Waals surface area contributed by atoms with E-state index in [0.29, 0.717) is 18.7 Å². The van der Waals surface area contributed by atoms with Gasteiger partial charge in [0.25, 0.3) is 11.5 Å². The van der Waals surface area contributed by atoms with Crippen LogP contribution in [0.4, 0.5) is 0 Å². The molecule has 0 unspecified atom stereocenters. The number of nitrogens with one attached hydrogen (secondary N) is 2. The fourth-order valence-electron chi connectivity index (χ4n) is 2.45. The molecule has 2 amide bonds. The molecule has 0 aliphatic rings. The largest absolute Gasteiger partial charge is 0.355 e. The molecule has 0 aliphatic heterocycles. The molecule has 1 heterocycles. The van der Waals surface area contributed by atoms with E-state index in [1.807, 2.05) is 19.1 Å². The molecule has 1 aromatic heterocycles. The highest BCUT2D eigenvalue weighted by Gasteiger charge is 2.07. The van der Waals surface area contributed by atoms with E-state index in [0.717, 1.165) is 18.5 Å². The number of amides is 2. The molecule has 0 fully saturated rings. The fourth-order valence-corrected chi connectivity index (χ4v) is 2.45. The van der Waals surface area contributed by atoms with Gasteiger partial charge in [-0.3, -0.25) is 14.4 Å². The first-order chi connectivity index (χ1) is 12.1. The van der Waals surface area contributed by atoms with Crippen molar-refractivity contribution in [3.63, 3.8) is 0 Å². The molecular formula is C19H23N3O3. The molecule has 6 heteroatoms. The second-order valence-electron chi connectivity index (χ2n) is 5.76. The van der Waals surface area contributed by atoms with Crippen LogP contribution in [0.25, 0.3) is 0 Å². The van der Waals surface area contributed by atoms with Crippen molar-refractivity contribution in [2.45, 2.75) is 26.3 Å². The van der Waals surface area contributed by atoms with E-state index in [2.05, 4.69) is 10.6 Å². The van der Waals surface area contributed by atoms with Crippen LogP contribution in [0, 0.1) is 6.92 Å². The molecule has 2 aromatic rings. The standard InChI is InChI=1S/C19H23N3O3/c1-15-8-7-11-18(24)22(15)13-6-5-12-20-17(23)14-21-19(25)16-9-3-2-4-10-16/h2-4,7-11H,5-6,12-14H2,1H3,(H,20,23)(H,21,25). The van der Waals surface area contributed by atoms with Gasteiger partial charge in [-0.2, -0.15) is 0 Å². The van der Waals surface area contributed by atoms with Crippen molar-refractivity contribution >= 4 is 11.8 Å².